The number of nitrogens with zero attached hydrogens (tertiary/aromatic N) is 1. The van der Waals surface area contributed by atoms with Crippen LogP contribution in [0.2, 0.25) is 5.02 Å². The fourth-order valence-corrected chi connectivity index (χ4v) is 5.03. The SMILES string of the molecule is CC1CCN(CC2(NC(=O)c3cc(Cl)c(N)cc3OCC3CC3)CCCCC2)CC1. The Bertz CT molecular complexity index is 751. The summed E-state index contributed by atoms with van der Waals surface area (Å²) in [5.41, 5.74) is 6.80. The standard InChI is InChI=1S/C24H36ClN3O2/c1-17-7-11-28(12-8-17)16-24(9-3-2-4-10-24)27-23(29)19-13-20(25)21(26)14-22(19)30-15-18-5-6-18/h13-14,17-18H,2-12,15-16,26H2,1H3,(H,27,29). The van der Waals surface area contributed by atoms with Crippen LogP contribution < -0.4 is 15.8 Å². The van der Waals surface area contributed by atoms with E-state index in [0.29, 0.717) is 34.5 Å². The quantitative estimate of drug-likeness (QED) is 0.601. The molecule has 0 radical (unpaired) electrons. The van der Waals surface area contributed by atoms with Gasteiger partial charge in [0.2, 0.25) is 0 Å². The fraction of sp³-hybridized carbons (Fsp3) is 0.708. The van der Waals surface area contributed by atoms with E-state index in [1.807, 2.05) is 0 Å². The zero-order chi connectivity index (χ0) is 21.1. The maximum Gasteiger partial charge on any atom is 0.255 e. The van der Waals surface area contributed by atoms with Crippen molar-refractivity contribution in [2.45, 2.75) is 70.3 Å². The van der Waals surface area contributed by atoms with Crippen LogP contribution in [-0.2, 0) is 0 Å². The average molecular weight is 434 g/mol. The summed E-state index contributed by atoms with van der Waals surface area (Å²) < 4.78 is 5.99. The van der Waals surface area contributed by atoms with E-state index in [9.17, 15) is 4.79 Å². The molecule has 4 rings (SSSR count). The summed E-state index contributed by atoms with van der Waals surface area (Å²) in [7, 11) is 0. The van der Waals surface area contributed by atoms with Gasteiger partial charge in [-0.15, -0.1) is 0 Å². The third-order valence-electron chi connectivity index (χ3n) is 7.11. The van der Waals surface area contributed by atoms with Crippen LogP contribution >= 0.6 is 11.6 Å². The lowest BCUT2D eigenvalue weighted by Crippen LogP contribution is -2.57. The summed E-state index contributed by atoms with van der Waals surface area (Å²) in [6.45, 7) is 6.17. The number of carbonyl (C=O) groups excluding carboxylic acids is 1. The second-order valence-corrected chi connectivity index (χ2v) is 10.3. The minimum absolute atomic E-state index is 0.0880. The number of nitrogen functional groups attached to an aromatic ring is 1. The molecule has 5 nitrogen and oxygen atoms in total. The van der Waals surface area contributed by atoms with Crippen LogP contribution in [0, 0.1) is 11.8 Å². The van der Waals surface area contributed by atoms with E-state index in [4.69, 9.17) is 22.1 Å². The van der Waals surface area contributed by atoms with Gasteiger partial charge in [0.25, 0.3) is 5.91 Å². The molecule has 0 spiro atoms. The molecule has 166 valence electrons. The maximum atomic E-state index is 13.4. The van der Waals surface area contributed by atoms with Crippen LogP contribution in [0.1, 0.15) is 75.1 Å². The first-order valence-electron chi connectivity index (χ1n) is 11.7. The van der Waals surface area contributed by atoms with Gasteiger partial charge in [-0.2, -0.15) is 0 Å². The first-order chi connectivity index (χ1) is 14.4. The molecular formula is C24H36ClN3O2. The molecule has 30 heavy (non-hydrogen) atoms. The minimum atomic E-state index is -0.169. The summed E-state index contributed by atoms with van der Waals surface area (Å²) in [5, 5.41) is 3.84. The van der Waals surface area contributed by atoms with E-state index in [-0.39, 0.29) is 11.4 Å². The number of nitrogens with two attached hydrogens (primary N) is 1. The molecule has 0 atom stereocenters. The number of likely N-dealkylation sites (tertiary alicyclic amines) is 1. The molecule has 2 saturated carbocycles. The highest BCUT2D eigenvalue weighted by atomic mass is 35.5. The van der Waals surface area contributed by atoms with Crippen LogP contribution in [0.25, 0.3) is 0 Å². The number of ether oxygens (including phenoxy) is 1. The van der Waals surface area contributed by atoms with Crippen molar-refractivity contribution in [2.24, 2.45) is 11.8 Å². The van der Waals surface area contributed by atoms with Gasteiger partial charge in [-0.1, -0.05) is 37.8 Å². The number of piperidine rings is 1. The number of nitrogens with one attached hydrogen (secondary N) is 1. The zero-order valence-corrected chi connectivity index (χ0v) is 19.0. The third-order valence-corrected chi connectivity index (χ3v) is 7.43. The predicted octanol–water partition coefficient (Wildman–Crippen LogP) is 4.88. The molecule has 1 heterocycles. The number of hydrogen-bond donors (Lipinski definition) is 2. The number of hydrogen-bond acceptors (Lipinski definition) is 4. The molecule has 1 aliphatic heterocycles. The fourth-order valence-electron chi connectivity index (χ4n) is 4.87. The Morgan fingerprint density at radius 1 is 1.20 bits per heavy atom. The summed E-state index contributed by atoms with van der Waals surface area (Å²) in [6.07, 6.45) is 10.5. The lowest BCUT2D eigenvalue weighted by molar-refractivity contribution is 0.0756. The molecule has 1 aromatic rings. The van der Waals surface area contributed by atoms with Gasteiger partial charge in [0.1, 0.15) is 5.75 Å². The normalized spacial score (nSPS) is 22.6. The maximum absolute atomic E-state index is 13.4. The molecule has 3 aliphatic rings. The Balaban J connectivity index is 1.51. The van der Waals surface area contributed by atoms with E-state index < -0.39 is 0 Å². The second kappa shape index (κ2) is 9.35. The lowest BCUT2D eigenvalue weighted by Gasteiger charge is -2.43. The van der Waals surface area contributed by atoms with Crippen molar-refractivity contribution < 1.29 is 9.53 Å². The Labute approximate surface area is 185 Å². The number of carbonyl (C=O) groups is 1. The number of benzene rings is 1. The van der Waals surface area contributed by atoms with Crippen molar-refractivity contribution in [3.05, 3.63) is 22.7 Å². The average Bonchev–Trinajstić information content (AvgIpc) is 3.55. The Morgan fingerprint density at radius 2 is 1.90 bits per heavy atom. The van der Waals surface area contributed by atoms with Gasteiger partial charge in [0.05, 0.1) is 28.4 Å². The van der Waals surface area contributed by atoms with Gasteiger partial charge in [0, 0.05) is 12.6 Å². The van der Waals surface area contributed by atoms with Crippen molar-refractivity contribution in [3.8, 4) is 5.75 Å². The predicted molar refractivity (Wildman–Crippen MR) is 122 cm³/mol. The molecule has 1 saturated heterocycles. The Morgan fingerprint density at radius 3 is 2.57 bits per heavy atom. The number of anilines is 1. The van der Waals surface area contributed by atoms with Crippen molar-refractivity contribution in [3.63, 3.8) is 0 Å². The van der Waals surface area contributed by atoms with Gasteiger partial charge < -0.3 is 20.7 Å². The van der Waals surface area contributed by atoms with Crippen LogP contribution in [0.3, 0.4) is 0 Å². The molecule has 0 aromatic heterocycles. The molecule has 0 unspecified atom stereocenters. The topological polar surface area (TPSA) is 67.6 Å². The molecule has 1 aromatic carbocycles. The highest BCUT2D eigenvalue weighted by Gasteiger charge is 2.37. The molecule has 3 N–H and O–H groups in total. The smallest absolute Gasteiger partial charge is 0.255 e. The van der Waals surface area contributed by atoms with Crippen molar-refractivity contribution >= 4 is 23.2 Å². The second-order valence-electron chi connectivity index (χ2n) is 9.88. The third kappa shape index (κ3) is 5.42. The monoisotopic (exact) mass is 433 g/mol. The van der Waals surface area contributed by atoms with E-state index in [2.05, 4.69) is 17.1 Å². The lowest BCUT2D eigenvalue weighted by atomic mass is 9.80. The molecule has 0 bridgehead atoms. The van der Waals surface area contributed by atoms with Gasteiger partial charge in [0.15, 0.2) is 0 Å². The first-order valence-corrected chi connectivity index (χ1v) is 12.1. The summed E-state index contributed by atoms with van der Waals surface area (Å²) in [6, 6.07) is 3.38. The van der Waals surface area contributed by atoms with E-state index in [1.54, 1.807) is 12.1 Å². The first kappa shape index (κ1) is 21.8. The highest BCUT2D eigenvalue weighted by molar-refractivity contribution is 6.33. The summed E-state index contributed by atoms with van der Waals surface area (Å²) in [5.74, 6) is 1.87. The molecular weight excluding hydrogens is 398 g/mol. The molecule has 6 heteroatoms. The van der Waals surface area contributed by atoms with Gasteiger partial charge in [-0.3, -0.25) is 4.79 Å². The number of rotatable bonds is 7. The number of amides is 1. The Hall–Kier alpha value is -1.46. The van der Waals surface area contributed by atoms with Gasteiger partial charge in [-0.05, 0) is 69.5 Å². The van der Waals surface area contributed by atoms with Crippen LogP contribution in [0.15, 0.2) is 12.1 Å². The van der Waals surface area contributed by atoms with Gasteiger partial charge >= 0.3 is 0 Å². The van der Waals surface area contributed by atoms with Crippen molar-refractivity contribution in [1.82, 2.24) is 10.2 Å². The summed E-state index contributed by atoms with van der Waals surface area (Å²) >= 11 is 6.28. The molecule has 2 aliphatic carbocycles. The zero-order valence-electron chi connectivity index (χ0n) is 18.2. The van der Waals surface area contributed by atoms with Gasteiger partial charge in [-0.25, -0.2) is 0 Å². The van der Waals surface area contributed by atoms with Crippen LogP contribution in [-0.4, -0.2) is 42.6 Å². The largest absolute Gasteiger partial charge is 0.492 e. The highest BCUT2D eigenvalue weighted by Crippen LogP contribution is 2.35. The molecule has 1 amide bonds. The van der Waals surface area contributed by atoms with E-state index in [0.717, 1.165) is 51.2 Å². The minimum Gasteiger partial charge on any atom is -0.492 e. The number of halogens is 1. The molecule has 3 fully saturated rings. The Kier molecular flexibility index (Phi) is 6.78. The van der Waals surface area contributed by atoms with Crippen molar-refractivity contribution in [1.29, 1.82) is 0 Å². The summed E-state index contributed by atoms with van der Waals surface area (Å²) in [4.78, 5) is 16.0. The van der Waals surface area contributed by atoms with Crippen LogP contribution in [0.4, 0.5) is 5.69 Å². The van der Waals surface area contributed by atoms with Crippen LogP contribution in [0.5, 0.6) is 5.75 Å². The van der Waals surface area contributed by atoms with E-state index in [1.165, 1.54) is 32.1 Å². The van der Waals surface area contributed by atoms with E-state index >= 15 is 0 Å². The van der Waals surface area contributed by atoms with Crippen molar-refractivity contribution in [2.75, 3.05) is 32.0 Å².